The lowest BCUT2D eigenvalue weighted by atomic mass is 9.98. The molecule has 0 saturated heterocycles. The third-order valence-electron chi connectivity index (χ3n) is 7.15. The van der Waals surface area contributed by atoms with Gasteiger partial charge in [0.1, 0.15) is 17.3 Å². The van der Waals surface area contributed by atoms with Crippen LogP contribution in [-0.2, 0) is 17.9 Å². The number of urea groups is 1. The molecule has 0 spiro atoms. The molecule has 0 fully saturated rings. The highest BCUT2D eigenvalue weighted by Crippen LogP contribution is 2.40. The molecule has 2 N–H and O–H groups in total. The van der Waals surface area contributed by atoms with Crippen LogP contribution in [0.3, 0.4) is 0 Å². The number of carbonyl (C=O) groups is 2. The van der Waals surface area contributed by atoms with Gasteiger partial charge in [0.2, 0.25) is 5.95 Å². The highest BCUT2D eigenvalue weighted by atomic mass is 19.4. The van der Waals surface area contributed by atoms with Crippen LogP contribution in [-0.4, -0.2) is 50.2 Å². The van der Waals surface area contributed by atoms with Gasteiger partial charge in [-0.1, -0.05) is 12.1 Å². The Morgan fingerprint density at radius 1 is 1.13 bits per heavy atom. The van der Waals surface area contributed by atoms with E-state index in [9.17, 15) is 22.8 Å². The lowest BCUT2D eigenvalue weighted by molar-refractivity contribution is -0.170. The van der Waals surface area contributed by atoms with E-state index in [1.165, 1.54) is 26.0 Å². The normalized spacial score (nSPS) is 13.1. The summed E-state index contributed by atoms with van der Waals surface area (Å²) < 4.78 is 72.5. The first-order chi connectivity index (χ1) is 21.4. The molecule has 2 aromatic heterocycles. The number of halogens is 5. The monoisotopic (exact) mass is 628 g/mol. The number of carbonyl (C=O) groups excluding carboxylic acids is 2. The topological polar surface area (TPSA) is 108 Å². The van der Waals surface area contributed by atoms with E-state index in [2.05, 4.69) is 25.6 Å². The van der Waals surface area contributed by atoms with Crippen molar-refractivity contribution in [3.05, 3.63) is 77.9 Å². The number of para-hydroxylation sites is 1. The zero-order chi connectivity index (χ0) is 32.5. The Labute approximate surface area is 254 Å². The molecule has 3 amide bonds. The van der Waals surface area contributed by atoms with Gasteiger partial charge in [0.15, 0.2) is 5.82 Å². The first-order valence-corrected chi connectivity index (χ1v) is 14.0. The predicted octanol–water partition coefficient (Wildman–Crippen LogP) is 6.09. The van der Waals surface area contributed by atoms with Gasteiger partial charge >= 0.3 is 18.1 Å². The van der Waals surface area contributed by atoms with Crippen molar-refractivity contribution in [2.75, 3.05) is 21.7 Å². The lowest BCUT2D eigenvalue weighted by Crippen LogP contribution is -2.45. The van der Waals surface area contributed by atoms with E-state index in [4.69, 9.17) is 0 Å². The Hall–Kier alpha value is -5.08. The SMILES string of the molecule is Cc1ccc(N(C(=O)C(F)(F)F)C(C)C)cc1-c1nc(NCCCn2ccnc2)nc2c1CNC(=O)N2c1c(F)cccc1F. The van der Waals surface area contributed by atoms with Crippen LogP contribution in [0.15, 0.2) is 55.1 Å². The Morgan fingerprint density at radius 3 is 2.51 bits per heavy atom. The van der Waals surface area contributed by atoms with Gasteiger partial charge < -0.3 is 20.1 Å². The summed E-state index contributed by atoms with van der Waals surface area (Å²) in [6.45, 7) is 5.44. The van der Waals surface area contributed by atoms with E-state index in [0.717, 1.165) is 23.1 Å². The summed E-state index contributed by atoms with van der Waals surface area (Å²) in [5.41, 5.74) is 0.680. The van der Waals surface area contributed by atoms with Gasteiger partial charge in [-0.3, -0.25) is 4.79 Å². The second kappa shape index (κ2) is 12.5. The molecule has 0 aliphatic carbocycles. The molecule has 5 rings (SSSR count). The average molecular weight is 629 g/mol. The van der Waals surface area contributed by atoms with Crippen molar-refractivity contribution in [1.82, 2.24) is 24.8 Å². The van der Waals surface area contributed by atoms with Gasteiger partial charge in [-0.15, -0.1) is 0 Å². The molecular weight excluding hydrogens is 599 g/mol. The lowest BCUT2D eigenvalue weighted by Gasteiger charge is -2.31. The van der Waals surface area contributed by atoms with Crippen molar-refractivity contribution < 1.29 is 31.5 Å². The number of nitrogens with one attached hydrogen (secondary N) is 2. The number of fused-ring (bicyclic) bond motifs is 1. The summed E-state index contributed by atoms with van der Waals surface area (Å²) >= 11 is 0. The molecule has 4 aromatic rings. The molecule has 0 saturated carbocycles. The quantitative estimate of drug-likeness (QED) is 0.172. The first-order valence-electron chi connectivity index (χ1n) is 14.0. The molecule has 1 aliphatic rings. The van der Waals surface area contributed by atoms with Gasteiger partial charge in [-0.2, -0.15) is 18.2 Å². The van der Waals surface area contributed by atoms with Crippen LogP contribution in [0.1, 0.15) is 31.4 Å². The largest absolute Gasteiger partial charge is 0.471 e. The molecule has 3 heterocycles. The summed E-state index contributed by atoms with van der Waals surface area (Å²) in [6.07, 6.45) is 0.591. The van der Waals surface area contributed by atoms with Crippen molar-refractivity contribution in [2.24, 2.45) is 0 Å². The van der Waals surface area contributed by atoms with Crippen LogP contribution in [0.4, 0.5) is 49.9 Å². The maximum absolute atomic E-state index is 15.0. The fraction of sp³-hybridized carbons (Fsp3) is 0.300. The first kappa shape index (κ1) is 31.3. The number of imidazole rings is 1. The van der Waals surface area contributed by atoms with Crippen molar-refractivity contribution >= 4 is 35.1 Å². The molecule has 45 heavy (non-hydrogen) atoms. The molecule has 0 bridgehead atoms. The third-order valence-corrected chi connectivity index (χ3v) is 7.15. The number of alkyl halides is 3. The number of aryl methyl sites for hydroxylation is 2. The van der Waals surface area contributed by atoms with Gasteiger partial charge in [-0.25, -0.2) is 28.4 Å². The number of rotatable bonds is 9. The van der Waals surface area contributed by atoms with Crippen LogP contribution >= 0.6 is 0 Å². The van der Waals surface area contributed by atoms with Crippen molar-refractivity contribution in [1.29, 1.82) is 0 Å². The smallest absolute Gasteiger partial charge is 0.354 e. The van der Waals surface area contributed by atoms with E-state index < -0.39 is 41.5 Å². The Balaban J connectivity index is 1.65. The second-order valence-corrected chi connectivity index (χ2v) is 10.6. The van der Waals surface area contributed by atoms with Gasteiger partial charge in [0.25, 0.3) is 0 Å². The molecule has 1 aliphatic heterocycles. The molecule has 0 unspecified atom stereocenters. The third kappa shape index (κ3) is 6.42. The Kier molecular flexibility index (Phi) is 8.71. The fourth-order valence-electron chi connectivity index (χ4n) is 5.05. The van der Waals surface area contributed by atoms with Crippen LogP contribution in [0, 0.1) is 18.6 Å². The van der Waals surface area contributed by atoms with Crippen molar-refractivity contribution in [3.8, 4) is 11.3 Å². The van der Waals surface area contributed by atoms with Gasteiger partial charge in [-0.05, 0) is 57.0 Å². The number of hydrogen-bond donors (Lipinski definition) is 2. The minimum Gasteiger partial charge on any atom is -0.354 e. The summed E-state index contributed by atoms with van der Waals surface area (Å²) in [5, 5.41) is 5.66. The molecule has 0 atom stereocenters. The average Bonchev–Trinajstić information content (AvgIpc) is 3.50. The minimum absolute atomic E-state index is 0.0164. The van der Waals surface area contributed by atoms with Crippen molar-refractivity contribution in [3.63, 3.8) is 0 Å². The number of hydrogen-bond acceptors (Lipinski definition) is 6. The van der Waals surface area contributed by atoms with E-state index >= 15 is 8.78 Å². The summed E-state index contributed by atoms with van der Waals surface area (Å²) in [6, 6.07) is 5.82. The van der Waals surface area contributed by atoms with E-state index in [1.54, 1.807) is 31.7 Å². The zero-order valence-electron chi connectivity index (χ0n) is 24.5. The maximum Gasteiger partial charge on any atom is 0.471 e. The number of aromatic nitrogens is 4. The maximum atomic E-state index is 15.0. The summed E-state index contributed by atoms with van der Waals surface area (Å²) in [4.78, 5) is 40.0. The number of anilines is 4. The predicted molar refractivity (Wildman–Crippen MR) is 157 cm³/mol. The van der Waals surface area contributed by atoms with Crippen LogP contribution < -0.4 is 20.4 Å². The number of amides is 3. The highest BCUT2D eigenvalue weighted by molar-refractivity contribution is 6.02. The van der Waals surface area contributed by atoms with E-state index in [-0.39, 0.29) is 35.3 Å². The van der Waals surface area contributed by atoms with Crippen LogP contribution in [0.5, 0.6) is 0 Å². The number of nitrogens with zero attached hydrogens (tertiary/aromatic N) is 6. The Morgan fingerprint density at radius 2 is 1.87 bits per heavy atom. The summed E-state index contributed by atoms with van der Waals surface area (Å²) in [5.74, 6) is -4.15. The highest BCUT2D eigenvalue weighted by Gasteiger charge is 2.44. The standard InChI is InChI=1S/C30H29F5N8O2/c1-17(2)42(27(44)30(33,34)35)19-9-8-18(3)20(14-19)24-21-15-38-29(45)43(25-22(31)6-4-7-23(25)32)26(21)40-28(39-24)37-10-5-12-41-13-11-36-16-41/h4,6-9,11,13-14,16-17H,5,10,12,15H2,1-3H3,(H,38,45)(H,37,39,40). The molecular formula is C30H29F5N8O2. The number of benzene rings is 2. The van der Waals surface area contributed by atoms with E-state index in [1.807, 2.05) is 4.57 Å². The van der Waals surface area contributed by atoms with Crippen LogP contribution in [0.2, 0.25) is 0 Å². The summed E-state index contributed by atoms with van der Waals surface area (Å²) in [7, 11) is 0. The van der Waals surface area contributed by atoms with E-state index in [0.29, 0.717) is 35.5 Å². The molecule has 10 nitrogen and oxygen atoms in total. The van der Waals surface area contributed by atoms with Crippen molar-refractivity contribution in [2.45, 2.75) is 52.5 Å². The molecule has 236 valence electrons. The minimum atomic E-state index is -5.12. The molecule has 0 radical (unpaired) electrons. The van der Waals surface area contributed by atoms with Crippen LogP contribution in [0.25, 0.3) is 11.3 Å². The zero-order valence-corrected chi connectivity index (χ0v) is 24.5. The fourth-order valence-corrected chi connectivity index (χ4v) is 5.05. The molecule has 15 heteroatoms. The molecule has 2 aromatic carbocycles. The van der Waals surface area contributed by atoms with Gasteiger partial charge in [0.05, 0.1) is 18.6 Å². The van der Waals surface area contributed by atoms with Gasteiger partial charge in [0, 0.05) is 48.3 Å². The Bertz CT molecular complexity index is 1710. The second-order valence-electron chi connectivity index (χ2n) is 10.6.